The van der Waals surface area contributed by atoms with Gasteiger partial charge in [-0.3, -0.25) is 4.79 Å². The largest absolute Gasteiger partial charge is 0.341 e. The highest BCUT2D eigenvalue weighted by Gasteiger charge is 2.22. The van der Waals surface area contributed by atoms with Crippen LogP contribution in [0.2, 0.25) is 0 Å². The highest BCUT2D eigenvalue weighted by Crippen LogP contribution is 2.18. The zero-order valence-corrected chi connectivity index (χ0v) is 15.1. The third kappa shape index (κ3) is 3.90. The van der Waals surface area contributed by atoms with Crippen molar-refractivity contribution in [2.75, 3.05) is 13.1 Å². The molecule has 2 heterocycles. The lowest BCUT2D eigenvalue weighted by atomic mass is 10.2. The average molecular weight is 344 g/mol. The SMILES string of the molecule is Cc1nn(-c2ccc(F)cc2)c(C)c1CN[C@@H](C)CN1CCCC1=O. The van der Waals surface area contributed by atoms with Gasteiger partial charge in [-0.25, -0.2) is 9.07 Å². The lowest BCUT2D eigenvalue weighted by Crippen LogP contribution is -2.39. The molecule has 1 aliphatic heterocycles. The first-order chi connectivity index (χ1) is 12.0. The van der Waals surface area contributed by atoms with Crippen LogP contribution in [-0.4, -0.2) is 39.7 Å². The maximum atomic E-state index is 13.1. The number of benzene rings is 1. The molecular formula is C19H25FN4O. The monoisotopic (exact) mass is 344 g/mol. The van der Waals surface area contributed by atoms with E-state index in [4.69, 9.17) is 0 Å². The summed E-state index contributed by atoms with van der Waals surface area (Å²) in [6, 6.07) is 6.56. The number of rotatable bonds is 6. The number of halogens is 1. The van der Waals surface area contributed by atoms with E-state index in [1.807, 2.05) is 23.4 Å². The molecule has 3 rings (SSSR count). The Kier molecular flexibility index (Phi) is 5.18. The molecule has 0 spiro atoms. The van der Waals surface area contributed by atoms with Crippen LogP contribution in [0.1, 0.15) is 36.7 Å². The minimum Gasteiger partial charge on any atom is -0.341 e. The molecule has 6 heteroatoms. The van der Waals surface area contributed by atoms with E-state index >= 15 is 0 Å². The van der Waals surface area contributed by atoms with E-state index in [-0.39, 0.29) is 17.8 Å². The van der Waals surface area contributed by atoms with Gasteiger partial charge in [-0.1, -0.05) is 0 Å². The summed E-state index contributed by atoms with van der Waals surface area (Å²) in [5.74, 6) is 0.00240. The number of aromatic nitrogens is 2. The second-order valence-electron chi connectivity index (χ2n) is 6.76. The molecule has 1 fully saturated rings. The first-order valence-corrected chi connectivity index (χ1v) is 8.78. The molecule has 1 saturated heterocycles. The zero-order valence-electron chi connectivity index (χ0n) is 15.1. The molecule has 134 valence electrons. The van der Waals surface area contributed by atoms with Crippen LogP contribution in [-0.2, 0) is 11.3 Å². The fourth-order valence-corrected chi connectivity index (χ4v) is 3.33. The van der Waals surface area contributed by atoms with Crippen molar-refractivity contribution in [3.05, 3.63) is 47.0 Å². The molecule has 5 nitrogen and oxygen atoms in total. The second-order valence-corrected chi connectivity index (χ2v) is 6.76. The Morgan fingerprint density at radius 2 is 2.00 bits per heavy atom. The molecule has 1 N–H and O–H groups in total. The Labute approximate surface area is 147 Å². The molecule has 0 unspecified atom stereocenters. The van der Waals surface area contributed by atoms with Gasteiger partial charge in [0.05, 0.1) is 11.4 Å². The number of hydrogen-bond acceptors (Lipinski definition) is 3. The maximum absolute atomic E-state index is 13.1. The molecule has 0 saturated carbocycles. The van der Waals surface area contributed by atoms with Crippen molar-refractivity contribution in [1.82, 2.24) is 20.0 Å². The highest BCUT2D eigenvalue weighted by atomic mass is 19.1. The van der Waals surface area contributed by atoms with Gasteiger partial charge in [-0.15, -0.1) is 0 Å². The summed E-state index contributed by atoms with van der Waals surface area (Å²) in [6.07, 6.45) is 1.64. The summed E-state index contributed by atoms with van der Waals surface area (Å²) in [5, 5.41) is 8.09. The van der Waals surface area contributed by atoms with Crippen LogP contribution in [0, 0.1) is 19.7 Å². The van der Waals surface area contributed by atoms with Gasteiger partial charge in [0.25, 0.3) is 0 Å². The minimum absolute atomic E-state index is 0.218. The third-order valence-corrected chi connectivity index (χ3v) is 4.81. The van der Waals surface area contributed by atoms with Crippen LogP contribution in [0.5, 0.6) is 0 Å². The van der Waals surface area contributed by atoms with Crippen molar-refractivity contribution in [3.63, 3.8) is 0 Å². The van der Waals surface area contributed by atoms with Gasteiger partial charge in [0, 0.05) is 43.4 Å². The van der Waals surface area contributed by atoms with Crippen molar-refractivity contribution in [2.45, 2.75) is 46.2 Å². The van der Waals surface area contributed by atoms with Crippen LogP contribution in [0.4, 0.5) is 4.39 Å². The van der Waals surface area contributed by atoms with Crippen LogP contribution in [0.15, 0.2) is 24.3 Å². The highest BCUT2D eigenvalue weighted by molar-refractivity contribution is 5.78. The van der Waals surface area contributed by atoms with Crippen molar-refractivity contribution in [1.29, 1.82) is 0 Å². The Balaban J connectivity index is 1.66. The number of nitrogens with zero attached hydrogens (tertiary/aromatic N) is 3. The fraction of sp³-hybridized carbons (Fsp3) is 0.474. The molecule has 0 bridgehead atoms. The number of amides is 1. The van der Waals surface area contributed by atoms with Gasteiger partial charge >= 0.3 is 0 Å². The summed E-state index contributed by atoms with van der Waals surface area (Å²) in [5.41, 5.74) is 3.99. The summed E-state index contributed by atoms with van der Waals surface area (Å²) in [7, 11) is 0. The molecular weight excluding hydrogens is 319 g/mol. The Morgan fingerprint density at radius 1 is 1.28 bits per heavy atom. The topological polar surface area (TPSA) is 50.2 Å². The Bertz CT molecular complexity index is 754. The Morgan fingerprint density at radius 3 is 2.64 bits per heavy atom. The van der Waals surface area contributed by atoms with Crippen LogP contribution >= 0.6 is 0 Å². The molecule has 2 aromatic rings. The standard InChI is InChI=1S/C19H25FN4O/c1-13(12-23-10-4-5-19(23)25)21-11-18-14(2)22-24(15(18)3)17-8-6-16(20)7-9-17/h6-9,13,21H,4-5,10-12H2,1-3H3/t13-/m0/s1. The van der Waals surface area contributed by atoms with Crippen molar-refractivity contribution in [3.8, 4) is 5.69 Å². The quantitative estimate of drug-likeness (QED) is 0.877. The predicted molar refractivity (Wildman–Crippen MR) is 95.1 cm³/mol. The van der Waals surface area contributed by atoms with E-state index in [1.165, 1.54) is 12.1 Å². The number of hydrogen-bond donors (Lipinski definition) is 1. The smallest absolute Gasteiger partial charge is 0.222 e. The number of likely N-dealkylation sites (tertiary alicyclic amines) is 1. The van der Waals surface area contributed by atoms with E-state index in [0.29, 0.717) is 13.0 Å². The van der Waals surface area contributed by atoms with Gasteiger partial charge in [0.2, 0.25) is 5.91 Å². The van der Waals surface area contributed by atoms with E-state index < -0.39 is 0 Å². The third-order valence-electron chi connectivity index (χ3n) is 4.81. The molecule has 0 aliphatic carbocycles. The van der Waals surface area contributed by atoms with Crippen LogP contribution in [0.3, 0.4) is 0 Å². The number of nitrogens with one attached hydrogen (secondary N) is 1. The van der Waals surface area contributed by atoms with Gasteiger partial charge < -0.3 is 10.2 Å². The molecule has 1 amide bonds. The normalized spacial score (nSPS) is 15.8. The fourth-order valence-electron chi connectivity index (χ4n) is 3.33. The van der Waals surface area contributed by atoms with Crippen molar-refractivity contribution < 1.29 is 9.18 Å². The molecule has 25 heavy (non-hydrogen) atoms. The minimum atomic E-state index is -0.252. The van der Waals surface area contributed by atoms with E-state index in [1.54, 1.807) is 12.1 Å². The Hall–Kier alpha value is -2.21. The van der Waals surface area contributed by atoms with Gasteiger partial charge in [0.1, 0.15) is 5.82 Å². The summed E-state index contributed by atoms with van der Waals surface area (Å²) >= 11 is 0. The summed E-state index contributed by atoms with van der Waals surface area (Å²) in [6.45, 7) is 8.41. The number of carbonyl (C=O) groups excluding carboxylic acids is 1. The van der Waals surface area contributed by atoms with Gasteiger partial charge in [-0.05, 0) is 51.5 Å². The van der Waals surface area contributed by atoms with Crippen molar-refractivity contribution >= 4 is 5.91 Å². The first kappa shape index (κ1) is 17.6. The second kappa shape index (κ2) is 7.35. The van der Waals surface area contributed by atoms with Gasteiger partial charge in [0.15, 0.2) is 0 Å². The molecule has 1 atom stereocenters. The molecule has 0 radical (unpaired) electrons. The number of carbonyl (C=O) groups is 1. The maximum Gasteiger partial charge on any atom is 0.222 e. The summed E-state index contributed by atoms with van der Waals surface area (Å²) < 4.78 is 15.0. The predicted octanol–water partition coefficient (Wildman–Crippen LogP) is 2.73. The first-order valence-electron chi connectivity index (χ1n) is 8.78. The van der Waals surface area contributed by atoms with E-state index in [0.717, 1.165) is 42.1 Å². The van der Waals surface area contributed by atoms with Crippen LogP contribution in [0.25, 0.3) is 5.69 Å². The average Bonchev–Trinajstić information content (AvgIpc) is 3.10. The molecule has 1 aromatic carbocycles. The summed E-state index contributed by atoms with van der Waals surface area (Å²) in [4.78, 5) is 13.7. The van der Waals surface area contributed by atoms with Crippen LogP contribution < -0.4 is 5.32 Å². The zero-order chi connectivity index (χ0) is 18.0. The van der Waals surface area contributed by atoms with Crippen molar-refractivity contribution in [2.24, 2.45) is 0 Å². The molecule has 1 aromatic heterocycles. The van der Waals surface area contributed by atoms with E-state index in [2.05, 4.69) is 17.3 Å². The van der Waals surface area contributed by atoms with Gasteiger partial charge in [-0.2, -0.15) is 5.10 Å². The number of aryl methyl sites for hydroxylation is 1. The lowest BCUT2D eigenvalue weighted by molar-refractivity contribution is -0.127. The lowest BCUT2D eigenvalue weighted by Gasteiger charge is -2.21. The molecule has 1 aliphatic rings. The van der Waals surface area contributed by atoms with E-state index in [9.17, 15) is 9.18 Å².